The van der Waals surface area contributed by atoms with Crippen molar-refractivity contribution in [2.75, 3.05) is 0 Å². The zero-order valence-corrected chi connectivity index (χ0v) is 22.8. The van der Waals surface area contributed by atoms with Crippen molar-refractivity contribution >= 4 is 36.3 Å². The Morgan fingerprint density at radius 3 is 2.73 bits per heavy atom. The Balaban J connectivity index is 1.33. The molecule has 0 spiro atoms. The lowest BCUT2D eigenvalue weighted by Crippen LogP contribution is -2.58. The van der Waals surface area contributed by atoms with Gasteiger partial charge in [-0.05, 0) is 54.5 Å². The third-order valence-electron chi connectivity index (χ3n) is 8.70. The fraction of sp³-hybridized carbons (Fsp3) is 0.481. The topological polar surface area (TPSA) is 96.7 Å². The van der Waals surface area contributed by atoms with Crippen molar-refractivity contribution in [2.24, 2.45) is 17.8 Å². The van der Waals surface area contributed by atoms with Crippen molar-refractivity contribution in [3.63, 3.8) is 0 Å². The van der Waals surface area contributed by atoms with Crippen LogP contribution in [-0.2, 0) is 24.0 Å². The summed E-state index contributed by atoms with van der Waals surface area (Å²) in [5.74, 6) is -0.0338. The smallest absolute Gasteiger partial charge is 0.367 e. The molecule has 0 amide bonds. The van der Waals surface area contributed by atoms with Gasteiger partial charge in [-0.15, -0.1) is 0 Å². The van der Waals surface area contributed by atoms with Crippen LogP contribution in [0, 0.1) is 17.8 Å². The largest absolute Gasteiger partial charge is 0.455 e. The first-order valence-electron chi connectivity index (χ1n) is 12.8. The van der Waals surface area contributed by atoms with E-state index in [2.05, 4.69) is 21.1 Å². The molecule has 3 aromatic rings. The molecule has 2 aromatic carbocycles. The molecule has 3 aliphatic rings. The minimum atomic E-state index is -4.10. The normalized spacial score (nSPS) is 34.9. The maximum Gasteiger partial charge on any atom is 0.367 e. The molecule has 3 heterocycles. The number of hydrogen-bond acceptors (Lipinski definition) is 7. The summed E-state index contributed by atoms with van der Waals surface area (Å²) in [6.07, 6.45) is 5.69. The lowest BCUT2D eigenvalue weighted by molar-refractivity contribution is -0.210. The highest BCUT2D eigenvalue weighted by molar-refractivity contribution is 7.85. The molecule has 0 N–H and O–H groups in total. The van der Waals surface area contributed by atoms with Gasteiger partial charge in [-0.25, -0.2) is 17.9 Å². The van der Waals surface area contributed by atoms with Crippen molar-refractivity contribution in [1.82, 2.24) is 8.96 Å². The van der Waals surface area contributed by atoms with Gasteiger partial charge in [-0.3, -0.25) is 0 Å². The number of fused-ring (bicyclic) bond motifs is 5. The first-order valence-corrected chi connectivity index (χ1v) is 14.7. The van der Waals surface area contributed by atoms with Crippen LogP contribution in [0.5, 0.6) is 0 Å². The first-order chi connectivity index (χ1) is 17.6. The maximum atomic E-state index is 13.5. The van der Waals surface area contributed by atoms with E-state index in [1.807, 2.05) is 43.3 Å². The summed E-state index contributed by atoms with van der Waals surface area (Å²) in [6, 6.07) is 13.4. The molecular weight excluding hydrogens is 511 g/mol. The Bertz CT molecular complexity index is 1450. The zero-order chi connectivity index (χ0) is 26.0. The van der Waals surface area contributed by atoms with Gasteiger partial charge in [-0.1, -0.05) is 52.9 Å². The summed E-state index contributed by atoms with van der Waals surface area (Å²) in [5, 5.41) is 1.05. The minimum absolute atomic E-state index is 0.00832. The Morgan fingerprint density at radius 1 is 1.22 bits per heavy atom. The predicted molar refractivity (Wildman–Crippen MR) is 141 cm³/mol. The first kappa shape index (κ1) is 25.0. The fourth-order valence-electron chi connectivity index (χ4n) is 6.92. The fourth-order valence-corrected chi connectivity index (χ4v) is 8.70. The summed E-state index contributed by atoms with van der Waals surface area (Å²) in [5.41, 5.74) is -0.354. The maximum absolute atomic E-state index is 13.5. The number of hydrogen-bond donors (Lipinski definition) is 0. The molecule has 1 aromatic heterocycles. The number of carbonyl (C=O) groups is 1. The molecule has 1 aliphatic carbocycles. The Morgan fingerprint density at radius 2 is 2.00 bits per heavy atom. The number of rotatable bonds is 6. The monoisotopic (exact) mass is 542 g/mol. The van der Waals surface area contributed by atoms with Crippen molar-refractivity contribution < 1.29 is 26.9 Å². The van der Waals surface area contributed by atoms with Crippen molar-refractivity contribution in [3.05, 3.63) is 66.7 Å². The lowest BCUT2D eigenvalue weighted by Gasteiger charge is -2.50. The SMILES string of the molecule is CCC1CCC2C1C(OC(=O)c1ccc3ccccc3c1)C1(P)CC(OS(=O)(=O)n3ccnc3)C2(C)O1. The van der Waals surface area contributed by atoms with Gasteiger partial charge < -0.3 is 9.47 Å². The summed E-state index contributed by atoms with van der Waals surface area (Å²) in [4.78, 5) is 17.3. The number of imidazole rings is 1. The molecule has 8 unspecified atom stereocenters. The van der Waals surface area contributed by atoms with Crippen molar-refractivity contribution in [3.8, 4) is 0 Å². The van der Waals surface area contributed by atoms with E-state index in [1.54, 1.807) is 6.07 Å². The van der Waals surface area contributed by atoms with Crippen LogP contribution in [-0.4, -0.2) is 46.5 Å². The third kappa shape index (κ3) is 4.02. The molecule has 6 rings (SSSR count). The summed E-state index contributed by atoms with van der Waals surface area (Å²) >= 11 is 0. The van der Waals surface area contributed by atoms with E-state index in [4.69, 9.17) is 13.7 Å². The van der Waals surface area contributed by atoms with Gasteiger partial charge in [0.25, 0.3) is 0 Å². The summed E-state index contributed by atoms with van der Waals surface area (Å²) in [6.45, 7) is 4.10. The minimum Gasteiger partial charge on any atom is -0.455 e. The van der Waals surface area contributed by atoms with Gasteiger partial charge in [0.2, 0.25) is 0 Å². The quantitative estimate of drug-likeness (QED) is 0.333. The van der Waals surface area contributed by atoms with E-state index in [9.17, 15) is 13.2 Å². The van der Waals surface area contributed by atoms with Crippen LogP contribution in [0.25, 0.3) is 10.8 Å². The van der Waals surface area contributed by atoms with Gasteiger partial charge in [0, 0.05) is 24.7 Å². The molecule has 2 aliphatic heterocycles. The number of carbonyl (C=O) groups excluding carboxylic acids is 1. The van der Waals surface area contributed by atoms with Crippen LogP contribution in [0.1, 0.15) is 49.9 Å². The van der Waals surface area contributed by atoms with E-state index in [1.165, 1.54) is 18.7 Å². The lowest BCUT2D eigenvalue weighted by atomic mass is 9.73. The van der Waals surface area contributed by atoms with E-state index >= 15 is 0 Å². The highest BCUT2D eigenvalue weighted by atomic mass is 32.2. The number of ether oxygens (including phenoxy) is 2. The van der Waals surface area contributed by atoms with E-state index in [0.717, 1.165) is 34.0 Å². The van der Waals surface area contributed by atoms with Gasteiger partial charge in [0.1, 0.15) is 23.9 Å². The standard InChI is InChI=1S/C27H31N2O6PS/c1-3-17-10-11-21-23(17)24(33-25(30)20-9-8-18-6-4-5-7-19(18)14-20)27(36)15-22(26(21,2)35-27)34-37(31,32)29-13-12-28-16-29/h4-9,12-14,16-17,21-24H,3,10-11,15,36H2,1-2H3. The van der Waals surface area contributed by atoms with E-state index in [-0.39, 0.29) is 18.3 Å². The summed E-state index contributed by atoms with van der Waals surface area (Å²) < 4.78 is 45.7. The molecule has 8 nitrogen and oxygen atoms in total. The van der Waals surface area contributed by atoms with Gasteiger partial charge in [0.15, 0.2) is 0 Å². The van der Waals surface area contributed by atoms with E-state index in [0.29, 0.717) is 11.5 Å². The molecule has 196 valence electrons. The molecule has 0 radical (unpaired) electrons. The van der Waals surface area contributed by atoms with Crippen LogP contribution >= 0.6 is 9.24 Å². The highest BCUT2D eigenvalue weighted by Gasteiger charge is 2.70. The van der Waals surface area contributed by atoms with Crippen molar-refractivity contribution in [1.29, 1.82) is 0 Å². The van der Waals surface area contributed by atoms with Gasteiger partial charge >= 0.3 is 16.3 Å². The number of nitrogens with zero attached hydrogens (tertiary/aromatic N) is 2. The molecule has 2 bridgehead atoms. The highest BCUT2D eigenvalue weighted by Crippen LogP contribution is 2.64. The Hall–Kier alpha value is -2.32. The molecule has 2 saturated heterocycles. The summed E-state index contributed by atoms with van der Waals surface area (Å²) in [7, 11) is -1.35. The zero-order valence-electron chi connectivity index (χ0n) is 20.8. The Labute approximate surface area is 219 Å². The van der Waals surface area contributed by atoms with Crippen LogP contribution in [0.15, 0.2) is 61.2 Å². The van der Waals surface area contributed by atoms with Crippen LogP contribution in [0.2, 0.25) is 0 Å². The molecule has 3 fully saturated rings. The van der Waals surface area contributed by atoms with Gasteiger partial charge in [0.05, 0.1) is 11.2 Å². The van der Waals surface area contributed by atoms with E-state index < -0.39 is 39.4 Å². The average Bonchev–Trinajstić information content (AvgIpc) is 3.60. The molecular formula is C27H31N2O6PS. The van der Waals surface area contributed by atoms with Gasteiger partial charge in [-0.2, -0.15) is 8.42 Å². The van der Waals surface area contributed by atoms with Crippen molar-refractivity contribution in [2.45, 2.75) is 62.7 Å². The van der Waals surface area contributed by atoms with Crippen LogP contribution in [0.3, 0.4) is 0 Å². The molecule has 10 heteroatoms. The molecule has 8 atom stereocenters. The number of aromatic nitrogens is 2. The second-order valence-electron chi connectivity index (χ2n) is 10.7. The molecule has 37 heavy (non-hydrogen) atoms. The number of esters is 1. The molecule has 1 saturated carbocycles. The second-order valence-corrected chi connectivity index (χ2v) is 13.1. The Kier molecular flexibility index (Phi) is 5.99. The predicted octanol–water partition coefficient (Wildman–Crippen LogP) is 4.56. The van der Waals surface area contributed by atoms with Crippen LogP contribution in [0.4, 0.5) is 0 Å². The third-order valence-corrected chi connectivity index (χ3v) is 10.6. The van der Waals surface area contributed by atoms with Crippen LogP contribution < -0.4 is 0 Å². The average molecular weight is 543 g/mol. The number of benzene rings is 2. The second kappa shape index (κ2) is 8.87.